The first-order valence-electron chi connectivity index (χ1n) is 6.73. The molecule has 1 aliphatic heterocycles. The molecule has 0 saturated carbocycles. The van der Waals surface area contributed by atoms with Crippen LogP contribution in [0.3, 0.4) is 0 Å². The molecule has 1 aliphatic rings. The Labute approximate surface area is 118 Å². The summed E-state index contributed by atoms with van der Waals surface area (Å²) in [5, 5.41) is 0. The van der Waals surface area contributed by atoms with Gasteiger partial charge in [0.05, 0.1) is 0 Å². The Kier molecular flexibility index (Phi) is 4.55. The van der Waals surface area contributed by atoms with Gasteiger partial charge in [-0.15, -0.1) is 0 Å². The fourth-order valence-corrected chi connectivity index (χ4v) is 3.95. The minimum Gasteiger partial charge on any atom is -0.295 e. The lowest BCUT2D eigenvalue weighted by Gasteiger charge is -2.20. The van der Waals surface area contributed by atoms with Crippen LogP contribution in [0, 0.1) is 5.82 Å². The SMILES string of the molecule is CC(=O)c1ccc(F)c(S(=O)(=O)N2CCCCCC2)c1. The van der Waals surface area contributed by atoms with Gasteiger partial charge in [-0.3, -0.25) is 4.79 Å². The van der Waals surface area contributed by atoms with Crippen molar-refractivity contribution >= 4 is 15.8 Å². The summed E-state index contributed by atoms with van der Waals surface area (Å²) in [6.45, 7) is 2.15. The average Bonchev–Trinajstić information content (AvgIpc) is 2.68. The van der Waals surface area contributed by atoms with Crippen molar-refractivity contribution in [2.45, 2.75) is 37.5 Å². The Morgan fingerprint density at radius 2 is 1.75 bits per heavy atom. The highest BCUT2D eigenvalue weighted by atomic mass is 32.2. The zero-order valence-electron chi connectivity index (χ0n) is 11.4. The van der Waals surface area contributed by atoms with Crippen LogP contribution in [0.25, 0.3) is 0 Å². The van der Waals surface area contributed by atoms with E-state index in [1.54, 1.807) is 0 Å². The lowest BCUT2D eigenvalue weighted by molar-refractivity contribution is 0.101. The van der Waals surface area contributed by atoms with E-state index in [9.17, 15) is 17.6 Å². The Hall–Kier alpha value is -1.27. The number of carbonyl (C=O) groups is 1. The standard InChI is InChI=1S/C14H18FNO3S/c1-11(17)12-6-7-13(15)14(10-12)20(18,19)16-8-4-2-3-5-9-16/h6-7,10H,2-5,8-9H2,1H3. The summed E-state index contributed by atoms with van der Waals surface area (Å²) in [5.74, 6) is -1.09. The highest BCUT2D eigenvalue weighted by molar-refractivity contribution is 7.89. The minimum absolute atomic E-state index is 0.208. The number of nitrogens with zero attached hydrogens (tertiary/aromatic N) is 1. The first-order valence-corrected chi connectivity index (χ1v) is 8.17. The van der Waals surface area contributed by atoms with E-state index in [0.717, 1.165) is 37.8 Å². The van der Waals surface area contributed by atoms with Gasteiger partial charge in [-0.1, -0.05) is 12.8 Å². The van der Waals surface area contributed by atoms with E-state index in [4.69, 9.17) is 0 Å². The number of halogens is 1. The van der Waals surface area contributed by atoms with Gasteiger partial charge in [-0.2, -0.15) is 4.31 Å². The molecule has 0 bridgehead atoms. The van der Waals surface area contributed by atoms with Crippen LogP contribution in [0.4, 0.5) is 4.39 Å². The molecule has 0 unspecified atom stereocenters. The average molecular weight is 299 g/mol. The van der Waals surface area contributed by atoms with E-state index in [2.05, 4.69) is 0 Å². The van der Waals surface area contributed by atoms with Gasteiger partial charge in [0.15, 0.2) is 5.78 Å². The van der Waals surface area contributed by atoms with E-state index in [1.807, 2.05) is 0 Å². The van der Waals surface area contributed by atoms with Gasteiger partial charge in [-0.05, 0) is 38.0 Å². The smallest absolute Gasteiger partial charge is 0.246 e. The lowest BCUT2D eigenvalue weighted by atomic mass is 10.1. The molecule has 4 nitrogen and oxygen atoms in total. The van der Waals surface area contributed by atoms with Crippen LogP contribution < -0.4 is 0 Å². The molecule has 0 aromatic heterocycles. The fraction of sp³-hybridized carbons (Fsp3) is 0.500. The monoisotopic (exact) mass is 299 g/mol. The molecule has 110 valence electrons. The third-order valence-electron chi connectivity index (χ3n) is 3.52. The molecule has 20 heavy (non-hydrogen) atoms. The molecule has 0 spiro atoms. The maximum atomic E-state index is 13.9. The van der Waals surface area contributed by atoms with Crippen LogP contribution in [-0.4, -0.2) is 31.6 Å². The normalized spacial score (nSPS) is 17.7. The first kappa shape index (κ1) is 15.1. The number of Topliss-reactive ketones (excluding diaryl/α,β-unsaturated/α-hetero) is 1. The van der Waals surface area contributed by atoms with Gasteiger partial charge >= 0.3 is 0 Å². The van der Waals surface area contributed by atoms with E-state index in [-0.39, 0.29) is 11.3 Å². The van der Waals surface area contributed by atoms with Gasteiger partial charge < -0.3 is 0 Å². The summed E-state index contributed by atoms with van der Waals surface area (Å²) in [5.41, 5.74) is 0.208. The quantitative estimate of drug-likeness (QED) is 0.806. The highest BCUT2D eigenvalue weighted by Gasteiger charge is 2.28. The minimum atomic E-state index is -3.87. The van der Waals surface area contributed by atoms with Crippen LogP contribution in [0.2, 0.25) is 0 Å². The number of ketones is 1. The maximum Gasteiger partial charge on any atom is 0.246 e. The first-order chi connectivity index (χ1) is 9.43. The zero-order chi connectivity index (χ0) is 14.8. The number of hydrogen-bond acceptors (Lipinski definition) is 3. The molecule has 2 rings (SSSR count). The molecule has 1 heterocycles. The predicted molar refractivity (Wildman–Crippen MR) is 73.6 cm³/mol. The third kappa shape index (κ3) is 3.07. The molecule has 1 fully saturated rings. The van der Waals surface area contributed by atoms with Crippen molar-refractivity contribution in [3.63, 3.8) is 0 Å². The topological polar surface area (TPSA) is 54.5 Å². The van der Waals surface area contributed by atoms with Crippen LogP contribution in [0.15, 0.2) is 23.1 Å². The molecule has 0 radical (unpaired) electrons. The summed E-state index contributed by atoms with van der Waals surface area (Å²) in [6, 6.07) is 3.48. The van der Waals surface area contributed by atoms with Crippen molar-refractivity contribution in [2.75, 3.05) is 13.1 Å². The molecular formula is C14H18FNO3S. The van der Waals surface area contributed by atoms with Crippen molar-refractivity contribution in [3.8, 4) is 0 Å². The number of benzene rings is 1. The Balaban J connectivity index is 2.42. The number of sulfonamides is 1. The molecule has 0 N–H and O–H groups in total. The highest BCUT2D eigenvalue weighted by Crippen LogP contribution is 2.23. The summed E-state index contributed by atoms with van der Waals surface area (Å²) >= 11 is 0. The second kappa shape index (κ2) is 6.01. The maximum absolute atomic E-state index is 13.9. The molecule has 0 atom stereocenters. The summed E-state index contributed by atoms with van der Waals surface area (Å²) in [4.78, 5) is 10.9. The van der Waals surface area contributed by atoms with Gasteiger partial charge in [0.25, 0.3) is 0 Å². The second-order valence-corrected chi connectivity index (χ2v) is 6.93. The Morgan fingerprint density at radius 1 is 1.15 bits per heavy atom. The molecule has 6 heteroatoms. The van der Waals surface area contributed by atoms with Gasteiger partial charge in [0.1, 0.15) is 10.7 Å². The molecule has 0 aliphatic carbocycles. The Bertz CT molecular complexity index is 605. The van der Waals surface area contributed by atoms with E-state index in [0.29, 0.717) is 13.1 Å². The molecule has 1 aromatic carbocycles. The van der Waals surface area contributed by atoms with E-state index < -0.39 is 20.7 Å². The lowest BCUT2D eigenvalue weighted by Crippen LogP contribution is -2.32. The van der Waals surface area contributed by atoms with Crippen molar-refractivity contribution in [2.24, 2.45) is 0 Å². The predicted octanol–water partition coefficient (Wildman–Crippen LogP) is 2.59. The molecule has 0 amide bonds. The van der Waals surface area contributed by atoms with Gasteiger partial charge in [0.2, 0.25) is 10.0 Å². The largest absolute Gasteiger partial charge is 0.295 e. The molecule has 1 saturated heterocycles. The molecular weight excluding hydrogens is 281 g/mol. The summed E-state index contributed by atoms with van der Waals surface area (Å²) < 4.78 is 40.2. The van der Waals surface area contributed by atoms with Crippen molar-refractivity contribution < 1.29 is 17.6 Å². The number of rotatable bonds is 3. The number of carbonyl (C=O) groups excluding carboxylic acids is 1. The van der Waals surface area contributed by atoms with Crippen LogP contribution in [0.5, 0.6) is 0 Å². The zero-order valence-corrected chi connectivity index (χ0v) is 12.2. The second-order valence-electron chi connectivity index (χ2n) is 5.02. The Morgan fingerprint density at radius 3 is 2.30 bits per heavy atom. The molecule has 1 aromatic rings. The van der Waals surface area contributed by atoms with Gasteiger partial charge in [0, 0.05) is 18.7 Å². The van der Waals surface area contributed by atoms with Crippen molar-refractivity contribution in [1.82, 2.24) is 4.31 Å². The fourth-order valence-electron chi connectivity index (χ4n) is 2.34. The van der Waals surface area contributed by atoms with Crippen LogP contribution in [0.1, 0.15) is 43.0 Å². The summed E-state index contributed by atoms with van der Waals surface area (Å²) in [7, 11) is -3.87. The van der Waals surface area contributed by atoms with E-state index in [1.165, 1.54) is 17.3 Å². The van der Waals surface area contributed by atoms with Crippen molar-refractivity contribution in [3.05, 3.63) is 29.6 Å². The van der Waals surface area contributed by atoms with Crippen LogP contribution >= 0.6 is 0 Å². The van der Waals surface area contributed by atoms with Gasteiger partial charge in [-0.25, -0.2) is 12.8 Å². The summed E-state index contributed by atoms with van der Waals surface area (Å²) in [6.07, 6.45) is 3.55. The number of hydrogen-bond donors (Lipinski definition) is 0. The van der Waals surface area contributed by atoms with Crippen molar-refractivity contribution in [1.29, 1.82) is 0 Å². The third-order valence-corrected chi connectivity index (χ3v) is 5.43. The van der Waals surface area contributed by atoms with E-state index >= 15 is 0 Å². The van der Waals surface area contributed by atoms with Crippen LogP contribution in [-0.2, 0) is 10.0 Å².